The van der Waals surface area contributed by atoms with Gasteiger partial charge in [0.15, 0.2) is 0 Å². The molecule has 2 heterocycles. The Bertz CT molecular complexity index is 1240. The van der Waals surface area contributed by atoms with Crippen LogP contribution in [-0.2, 0) is 6.54 Å². The summed E-state index contributed by atoms with van der Waals surface area (Å²) < 4.78 is 1.63. The molecule has 0 bridgehead atoms. The van der Waals surface area contributed by atoms with Gasteiger partial charge >= 0.3 is 0 Å². The van der Waals surface area contributed by atoms with E-state index in [0.29, 0.717) is 23.1 Å². The molecule has 174 valence electrons. The van der Waals surface area contributed by atoms with Crippen LogP contribution in [0.5, 0.6) is 5.75 Å². The number of hydrogen-bond acceptors (Lipinski definition) is 5. The van der Waals surface area contributed by atoms with E-state index >= 15 is 0 Å². The van der Waals surface area contributed by atoms with Crippen LogP contribution in [0.4, 0.5) is 11.4 Å². The summed E-state index contributed by atoms with van der Waals surface area (Å²) >= 11 is 0. The molecule has 2 N–H and O–H groups in total. The number of benzene rings is 2. The molecule has 0 saturated carbocycles. The highest BCUT2D eigenvalue weighted by Crippen LogP contribution is 2.36. The fourth-order valence-corrected chi connectivity index (χ4v) is 4.44. The smallest absolute Gasteiger partial charge is 0.267 e. The second-order valence-electron chi connectivity index (χ2n) is 9.32. The van der Waals surface area contributed by atoms with Crippen molar-refractivity contribution >= 4 is 28.2 Å². The maximum absolute atomic E-state index is 13.5. The average Bonchev–Trinajstić information content (AvgIpc) is 2.76. The lowest BCUT2D eigenvalue weighted by molar-refractivity contribution is 0.102. The molecule has 0 aliphatic carbocycles. The number of nitrogens with one attached hydrogen (secondary N) is 1. The quantitative estimate of drug-likeness (QED) is 0.623. The van der Waals surface area contributed by atoms with Crippen molar-refractivity contribution in [3.8, 4) is 5.75 Å². The van der Waals surface area contributed by atoms with Crippen molar-refractivity contribution < 1.29 is 9.90 Å². The first-order valence-corrected chi connectivity index (χ1v) is 11.5. The Balaban J connectivity index is 1.89. The highest BCUT2D eigenvalue weighted by molar-refractivity contribution is 6.11. The van der Waals surface area contributed by atoms with E-state index in [4.69, 9.17) is 0 Å². The minimum absolute atomic E-state index is 0.190. The second-order valence-corrected chi connectivity index (χ2v) is 9.32. The van der Waals surface area contributed by atoms with Crippen LogP contribution >= 0.6 is 0 Å². The molecule has 1 amide bonds. The Morgan fingerprint density at radius 2 is 1.79 bits per heavy atom. The molecule has 1 saturated heterocycles. The van der Waals surface area contributed by atoms with Crippen molar-refractivity contribution in [2.75, 3.05) is 43.4 Å². The summed E-state index contributed by atoms with van der Waals surface area (Å²) in [6, 6.07) is 13.1. The van der Waals surface area contributed by atoms with Crippen LogP contribution < -0.4 is 15.8 Å². The molecule has 0 radical (unpaired) electrons. The van der Waals surface area contributed by atoms with E-state index in [1.165, 1.54) is 0 Å². The zero-order valence-electron chi connectivity index (χ0n) is 19.8. The second kappa shape index (κ2) is 9.27. The van der Waals surface area contributed by atoms with Crippen molar-refractivity contribution in [2.45, 2.75) is 27.3 Å². The third-order valence-electron chi connectivity index (χ3n) is 6.14. The van der Waals surface area contributed by atoms with Gasteiger partial charge in [-0.25, -0.2) is 0 Å². The predicted molar refractivity (Wildman–Crippen MR) is 134 cm³/mol. The number of pyridine rings is 1. The molecule has 2 aromatic carbocycles. The van der Waals surface area contributed by atoms with E-state index in [9.17, 15) is 14.7 Å². The molecule has 1 aliphatic rings. The van der Waals surface area contributed by atoms with Gasteiger partial charge in [0.2, 0.25) is 0 Å². The lowest BCUT2D eigenvalue weighted by Gasteiger charge is -2.35. The van der Waals surface area contributed by atoms with E-state index in [1.807, 2.05) is 57.2 Å². The first-order valence-electron chi connectivity index (χ1n) is 11.5. The van der Waals surface area contributed by atoms with Crippen LogP contribution in [0, 0.1) is 12.8 Å². The van der Waals surface area contributed by atoms with Crippen LogP contribution in [0.15, 0.2) is 47.3 Å². The third-order valence-corrected chi connectivity index (χ3v) is 6.14. The van der Waals surface area contributed by atoms with Gasteiger partial charge in [0.25, 0.3) is 11.5 Å². The number of anilines is 2. The standard InChI is InChI=1S/C26H32N4O3/c1-17(2)16-30-21-10-6-9-20(29-13-11-28(4)12-14-29)22(21)24(31)23(26(30)33)25(32)27-19-8-5-7-18(3)15-19/h5-10,15,17,31H,11-14,16H2,1-4H3,(H,27,32). The summed E-state index contributed by atoms with van der Waals surface area (Å²) in [6.45, 7) is 9.87. The number of fused-ring (bicyclic) bond motifs is 1. The molecule has 0 atom stereocenters. The summed E-state index contributed by atoms with van der Waals surface area (Å²) in [6.07, 6.45) is 0. The molecule has 0 spiro atoms. The SMILES string of the molecule is Cc1cccc(NC(=O)c2c(O)c3c(N4CCN(C)CC4)cccc3n(CC(C)C)c2=O)c1. The number of rotatable bonds is 5. The molecule has 4 rings (SSSR count). The van der Waals surface area contributed by atoms with E-state index in [2.05, 4.69) is 22.2 Å². The van der Waals surface area contributed by atoms with Crippen LogP contribution in [0.2, 0.25) is 0 Å². The summed E-state index contributed by atoms with van der Waals surface area (Å²) in [7, 11) is 2.09. The first-order chi connectivity index (χ1) is 15.8. The zero-order valence-corrected chi connectivity index (χ0v) is 19.8. The normalized spacial score (nSPS) is 14.8. The molecule has 3 aromatic rings. The van der Waals surface area contributed by atoms with Crippen molar-refractivity contribution in [3.63, 3.8) is 0 Å². The lowest BCUT2D eigenvalue weighted by atomic mass is 10.0. The number of amides is 1. The van der Waals surface area contributed by atoms with E-state index in [0.717, 1.165) is 37.4 Å². The molecular formula is C26H32N4O3. The molecular weight excluding hydrogens is 416 g/mol. The minimum atomic E-state index is -0.601. The monoisotopic (exact) mass is 448 g/mol. The topological polar surface area (TPSA) is 77.8 Å². The van der Waals surface area contributed by atoms with Gasteiger partial charge in [-0.1, -0.05) is 32.0 Å². The first kappa shape index (κ1) is 22.9. The largest absolute Gasteiger partial charge is 0.506 e. The molecule has 33 heavy (non-hydrogen) atoms. The highest BCUT2D eigenvalue weighted by atomic mass is 16.3. The summed E-state index contributed by atoms with van der Waals surface area (Å²) in [4.78, 5) is 31.2. The Kier molecular flexibility index (Phi) is 6.42. The maximum atomic E-state index is 13.5. The average molecular weight is 449 g/mol. The number of piperazine rings is 1. The number of hydrogen-bond donors (Lipinski definition) is 2. The molecule has 1 aromatic heterocycles. The molecule has 0 unspecified atom stereocenters. The van der Waals surface area contributed by atoms with Gasteiger partial charge in [-0.05, 0) is 49.7 Å². The Hall–Kier alpha value is -3.32. The van der Waals surface area contributed by atoms with Crippen LogP contribution in [0.3, 0.4) is 0 Å². The van der Waals surface area contributed by atoms with E-state index in [-0.39, 0.29) is 17.2 Å². The van der Waals surface area contributed by atoms with E-state index in [1.54, 1.807) is 10.6 Å². The molecule has 7 nitrogen and oxygen atoms in total. The zero-order chi connectivity index (χ0) is 23.7. The van der Waals surface area contributed by atoms with E-state index < -0.39 is 11.5 Å². The fourth-order valence-electron chi connectivity index (χ4n) is 4.44. The van der Waals surface area contributed by atoms with Crippen molar-refractivity contribution in [3.05, 3.63) is 63.9 Å². The van der Waals surface area contributed by atoms with Gasteiger partial charge in [0, 0.05) is 44.1 Å². The third kappa shape index (κ3) is 4.59. The van der Waals surface area contributed by atoms with Crippen LogP contribution in [0.1, 0.15) is 29.8 Å². The lowest BCUT2D eigenvalue weighted by Crippen LogP contribution is -2.44. The number of carbonyl (C=O) groups excluding carboxylic acids is 1. The van der Waals surface area contributed by atoms with Gasteiger partial charge in [0.1, 0.15) is 11.3 Å². The highest BCUT2D eigenvalue weighted by Gasteiger charge is 2.26. The van der Waals surface area contributed by atoms with Crippen molar-refractivity contribution in [1.29, 1.82) is 0 Å². The molecule has 1 fully saturated rings. The number of carbonyl (C=O) groups is 1. The molecule has 1 aliphatic heterocycles. The Morgan fingerprint density at radius 1 is 1.09 bits per heavy atom. The Labute approximate surface area is 194 Å². The van der Waals surface area contributed by atoms with Crippen molar-refractivity contribution in [2.24, 2.45) is 5.92 Å². The van der Waals surface area contributed by atoms with Gasteiger partial charge < -0.3 is 24.8 Å². The van der Waals surface area contributed by atoms with Gasteiger partial charge in [0.05, 0.1) is 10.9 Å². The molecule has 7 heteroatoms. The predicted octanol–water partition coefficient (Wildman–Crippen LogP) is 3.68. The number of aryl methyl sites for hydroxylation is 1. The van der Waals surface area contributed by atoms with Crippen molar-refractivity contribution in [1.82, 2.24) is 9.47 Å². The maximum Gasteiger partial charge on any atom is 0.267 e. The minimum Gasteiger partial charge on any atom is -0.506 e. The number of nitrogens with zero attached hydrogens (tertiary/aromatic N) is 3. The summed E-state index contributed by atoms with van der Waals surface area (Å²) in [5.41, 5.74) is 2.38. The number of aromatic nitrogens is 1. The van der Waals surface area contributed by atoms with Crippen LogP contribution in [0.25, 0.3) is 10.9 Å². The fraction of sp³-hybridized carbons (Fsp3) is 0.385. The van der Waals surface area contributed by atoms with Gasteiger partial charge in [-0.3, -0.25) is 9.59 Å². The van der Waals surface area contributed by atoms with Crippen LogP contribution in [-0.4, -0.2) is 53.7 Å². The number of likely N-dealkylation sites (N-methyl/N-ethyl adjacent to an activating group) is 1. The van der Waals surface area contributed by atoms with Gasteiger partial charge in [-0.15, -0.1) is 0 Å². The number of aromatic hydroxyl groups is 1. The summed E-state index contributed by atoms with van der Waals surface area (Å²) in [5.74, 6) is -0.666. The van der Waals surface area contributed by atoms with Gasteiger partial charge in [-0.2, -0.15) is 0 Å². The Morgan fingerprint density at radius 3 is 2.45 bits per heavy atom. The summed E-state index contributed by atoms with van der Waals surface area (Å²) in [5, 5.41) is 14.7.